The molecule has 1 rings (SSSR count). The largest absolute Gasteiger partial charge is 0.459 e. The zero-order chi connectivity index (χ0) is 15.8. The second kappa shape index (κ2) is 8.74. The Morgan fingerprint density at radius 3 is 2.81 bits per heavy atom. The van der Waals surface area contributed by atoms with Crippen LogP contribution in [0.3, 0.4) is 0 Å². The Kier molecular flexibility index (Phi) is 7.31. The van der Waals surface area contributed by atoms with E-state index in [2.05, 4.69) is 5.32 Å². The first-order chi connectivity index (χ1) is 9.95. The first-order valence-electron chi connectivity index (χ1n) is 6.10. The lowest BCUT2D eigenvalue weighted by Gasteiger charge is -2.16. The lowest BCUT2D eigenvalue weighted by atomic mass is 10.2. The van der Waals surface area contributed by atoms with E-state index < -0.39 is 23.9 Å². The van der Waals surface area contributed by atoms with Gasteiger partial charge in [-0.15, -0.1) is 0 Å². The average molecular weight is 335 g/mol. The fraction of sp³-hybridized carbons (Fsp3) is 0.385. The minimum absolute atomic E-state index is 0.0928. The van der Waals surface area contributed by atoms with Crippen LogP contribution in [0.1, 0.15) is 12.0 Å². The zero-order valence-electron chi connectivity index (χ0n) is 11.4. The number of urea groups is 1. The predicted octanol–water partition coefficient (Wildman–Crippen LogP) is 2.31. The maximum absolute atomic E-state index is 13.5. The van der Waals surface area contributed by atoms with E-state index in [1.54, 1.807) is 0 Å². The monoisotopic (exact) mass is 334 g/mol. The summed E-state index contributed by atoms with van der Waals surface area (Å²) in [5.41, 5.74) is 5.11. The van der Waals surface area contributed by atoms with Crippen LogP contribution in [0.15, 0.2) is 18.2 Å². The summed E-state index contributed by atoms with van der Waals surface area (Å²) in [6.07, 6.45) is 2.24. The van der Waals surface area contributed by atoms with Crippen LogP contribution in [-0.2, 0) is 16.1 Å². The molecule has 2 amide bonds. The molecule has 0 fully saturated rings. The summed E-state index contributed by atoms with van der Waals surface area (Å²) >= 11 is 7.35. The SMILES string of the molecule is CSCC[C@H](NC(N)=O)C(=O)OCc1c(F)cccc1Cl. The van der Waals surface area contributed by atoms with Crippen LogP contribution in [0, 0.1) is 5.82 Å². The van der Waals surface area contributed by atoms with Crippen LogP contribution in [0.25, 0.3) is 0 Å². The van der Waals surface area contributed by atoms with Crippen molar-refractivity contribution >= 4 is 35.4 Å². The lowest BCUT2D eigenvalue weighted by Crippen LogP contribution is -2.44. The van der Waals surface area contributed by atoms with Crippen molar-refractivity contribution in [3.05, 3.63) is 34.6 Å². The molecule has 0 unspecified atom stereocenters. The Morgan fingerprint density at radius 2 is 2.24 bits per heavy atom. The summed E-state index contributed by atoms with van der Waals surface area (Å²) < 4.78 is 18.6. The van der Waals surface area contributed by atoms with Crippen molar-refractivity contribution < 1.29 is 18.7 Å². The molecule has 1 atom stereocenters. The molecule has 0 aliphatic carbocycles. The molecule has 21 heavy (non-hydrogen) atoms. The number of thioether (sulfide) groups is 1. The number of hydrogen-bond donors (Lipinski definition) is 2. The quantitative estimate of drug-likeness (QED) is 0.750. The van der Waals surface area contributed by atoms with Crippen molar-refractivity contribution in [2.24, 2.45) is 5.73 Å². The van der Waals surface area contributed by atoms with Gasteiger partial charge in [0.05, 0.1) is 5.02 Å². The number of hydrogen-bond acceptors (Lipinski definition) is 4. The smallest absolute Gasteiger partial charge is 0.329 e. The number of primary amides is 1. The minimum atomic E-state index is -0.861. The zero-order valence-corrected chi connectivity index (χ0v) is 13.0. The summed E-state index contributed by atoms with van der Waals surface area (Å²) in [5.74, 6) is -0.596. The third kappa shape index (κ3) is 5.81. The maximum atomic E-state index is 13.5. The molecule has 5 nitrogen and oxygen atoms in total. The van der Waals surface area contributed by atoms with Crippen molar-refractivity contribution in [2.45, 2.75) is 19.1 Å². The number of esters is 1. The molecular weight excluding hydrogens is 319 g/mol. The minimum Gasteiger partial charge on any atom is -0.459 e. The molecule has 8 heteroatoms. The molecule has 0 aliphatic heterocycles. The number of nitrogens with one attached hydrogen (secondary N) is 1. The highest BCUT2D eigenvalue weighted by molar-refractivity contribution is 7.98. The van der Waals surface area contributed by atoms with Gasteiger partial charge in [-0.25, -0.2) is 14.0 Å². The van der Waals surface area contributed by atoms with E-state index >= 15 is 0 Å². The van der Waals surface area contributed by atoms with Crippen LogP contribution >= 0.6 is 23.4 Å². The summed E-state index contributed by atoms with van der Waals surface area (Å²) in [6.45, 7) is -0.305. The Bertz CT molecular complexity index is 496. The van der Waals surface area contributed by atoms with Gasteiger partial charge in [-0.1, -0.05) is 17.7 Å². The summed E-state index contributed by atoms with van der Waals surface area (Å²) in [6, 6.07) is 2.50. The van der Waals surface area contributed by atoms with Crippen molar-refractivity contribution in [2.75, 3.05) is 12.0 Å². The van der Waals surface area contributed by atoms with Crippen molar-refractivity contribution in [3.8, 4) is 0 Å². The highest BCUT2D eigenvalue weighted by atomic mass is 35.5. The van der Waals surface area contributed by atoms with Gasteiger partial charge in [0.15, 0.2) is 0 Å². The van der Waals surface area contributed by atoms with E-state index in [1.165, 1.54) is 30.0 Å². The highest BCUT2D eigenvalue weighted by Gasteiger charge is 2.21. The molecular formula is C13H16ClFN2O3S. The number of amides is 2. The van der Waals surface area contributed by atoms with E-state index in [1.807, 2.05) is 6.26 Å². The van der Waals surface area contributed by atoms with Crippen LogP contribution in [0.4, 0.5) is 9.18 Å². The predicted molar refractivity (Wildman–Crippen MR) is 80.7 cm³/mol. The van der Waals surface area contributed by atoms with Gasteiger partial charge in [0, 0.05) is 5.56 Å². The van der Waals surface area contributed by atoms with E-state index in [4.69, 9.17) is 22.1 Å². The molecule has 0 aromatic heterocycles. The third-order valence-electron chi connectivity index (χ3n) is 2.63. The third-order valence-corrected chi connectivity index (χ3v) is 3.63. The van der Waals surface area contributed by atoms with Gasteiger partial charge in [0.2, 0.25) is 0 Å². The molecule has 3 N–H and O–H groups in total. The van der Waals surface area contributed by atoms with Crippen molar-refractivity contribution in [3.63, 3.8) is 0 Å². The van der Waals surface area contributed by atoms with E-state index in [0.29, 0.717) is 12.2 Å². The highest BCUT2D eigenvalue weighted by Crippen LogP contribution is 2.20. The molecule has 0 saturated carbocycles. The number of benzene rings is 1. The number of halogens is 2. The second-order valence-corrected chi connectivity index (χ2v) is 5.54. The Balaban J connectivity index is 2.66. The molecule has 0 heterocycles. The normalized spacial score (nSPS) is 11.8. The second-order valence-electron chi connectivity index (χ2n) is 4.15. The summed E-state index contributed by atoms with van der Waals surface area (Å²) in [4.78, 5) is 22.8. The van der Waals surface area contributed by atoms with Crippen molar-refractivity contribution in [1.29, 1.82) is 0 Å². The van der Waals surface area contributed by atoms with Crippen LogP contribution in [0.5, 0.6) is 0 Å². The van der Waals surface area contributed by atoms with Gasteiger partial charge in [0.25, 0.3) is 0 Å². The Labute approximate surface area is 131 Å². The fourth-order valence-corrected chi connectivity index (χ4v) is 2.26. The van der Waals surface area contributed by atoms with Crippen LogP contribution in [-0.4, -0.2) is 30.1 Å². The summed E-state index contributed by atoms with van der Waals surface area (Å²) in [5, 5.41) is 2.48. The molecule has 0 radical (unpaired) electrons. The first kappa shape index (κ1) is 17.6. The van der Waals surface area contributed by atoms with Gasteiger partial charge in [0.1, 0.15) is 18.5 Å². The van der Waals surface area contributed by atoms with Gasteiger partial charge in [-0.2, -0.15) is 11.8 Å². The maximum Gasteiger partial charge on any atom is 0.329 e. The molecule has 0 saturated heterocycles. The standard InChI is InChI=1S/C13H16ClFN2O3S/c1-21-6-5-11(17-13(16)19)12(18)20-7-8-9(14)3-2-4-10(8)15/h2-4,11H,5-7H2,1H3,(H3,16,17,19)/t11-/m0/s1. The number of rotatable bonds is 7. The van der Waals surface area contributed by atoms with Gasteiger partial charge in [-0.3, -0.25) is 0 Å². The fourth-order valence-electron chi connectivity index (χ4n) is 1.57. The molecule has 0 aliphatic rings. The van der Waals surface area contributed by atoms with Gasteiger partial charge >= 0.3 is 12.0 Å². The van der Waals surface area contributed by atoms with E-state index in [-0.39, 0.29) is 17.2 Å². The Hall–Kier alpha value is -1.47. The van der Waals surface area contributed by atoms with Crippen LogP contribution < -0.4 is 11.1 Å². The number of nitrogens with two attached hydrogens (primary N) is 1. The number of carbonyl (C=O) groups is 2. The van der Waals surface area contributed by atoms with E-state index in [0.717, 1.165) is 0 Å². The Morgan fingerprint density at radius 1 is 1.52 bits per heavy atom. The molecule has 1 aromatic carbocycles. The number of ether oxygens (including phenoxy) is 1. The molecule has 0 bridgehead atoms. The first-order valence-corrected chi connectivity index (χ1v) is 7.87. The van der Waals surface area contributed by atoms with Crippen LogP contribution in [0.2, 0.25) is 5.02 Å². The van der Waals surface area contributed by atoms with Gasteiger partial charge < -0.3 is 15.8 Å². The topological polar surface area (TPSA) is 81.4 Å². The average Bonchev–Trinajstić information content (AvgIpc) is 2.42. The lowest BCUT2D eigenvalue weighted by molar-refractivity contribution is -0.147. The molecule has 0 spiro atoms. The molecule has 116 valence electrons. The van der Waals surface area contributed by atoms with Gasteiger partial charge in [-0.05, 0) is 30.6 Å². The van der Waals surface area contributed by atoms with E-state index in [9.17, 15) is 14.0 Å². The number of carbonyl (C=O) groups excluding carboxylic acids is 2. The molecule has 1 aromatic rings. The van der Waals surface area contributed by atoms with Crippen molar-refractivity contribution in [1.82, 2.24) is 5.32 Å². The summed E-state index contributed by atoms with van der Waals surface area (Å²) in [7, 11) is 0.